The van der Waals surface area contributed by atoms with E-state index in [1.807, 2.05) is 6.08 Å². The van der Waals surface area contributed by atoms with Gasteiger partial charge in [-0.1, -0.05) is 292 Å². The average molecular weight is 1390 g/mol. The number of hydrogen-bond acceptors (Lipinski definition) is 18. The number of unbranched alkanes of at least 4 members (excludes halogenated alkanes) is 35. The Morgan fingerprint density at radius 2 is 0.704 bits per heavy atom. The quantitative estimate of drug-likeness (QED) is 0.0199. The predicted octanol–water partition coefficient (Wildman–Crippen LogP) is 12.4. The fraction of sp³-hybridized carbons (Fsp3) is 0.835. The monoisotopic (exact) mass is 1390 g/mol. The lowest BCUT2D eigenvalue weighted by Gasteiger charge is -2.48. The van der Waals surface area contributed by atoms with E-state index in [0.29, 0.717) is 6.42 Å². The molecule has 19 heteroatoms. The van der Waals surface area contributed by atoms with Crippen molar-refractivity contribution in [1.29, 1.82) is 0 Å². The second kappa shape index (κ2) is 59.6. The van der Waals surface area contributed by atoms with Gasteiger partial charge in [-0.3, -0.25) is 4.79 Å². The van der Waals surface area contributed by atoms with Gasteiger partial charge in [0.2, 0.25) is 5.91 Å². The van der Waals surface area contributed by atoms with Gasteiger partial charge in [0.05, 0.1) is 38.6 Å². The number of nitrogens with one attached hydrogen (secondary N) is 1. The standard InChI is InChI=1S/C79H141NO18/c1-3-5-7-9-11-13-15-17-19-21-23-25-27-29-30-31-33-34-36-38-40-42-44-46-48-50-52-54-56-63(84)62(80-67(85)57-55-53-51-49-47-45-43-41-39-37-35-32-28-26-24-22-20-18-16-14-12-10-8-6-4-2)61-93-77-73(91)70(88)75(65(59-82)95-77)98-79-74(92)71(89)76(66(60-83)96-79)97-78-72(90)69(87)68(86)64(58-81)94-78/h6,8,12,14,18,20,24,26,32,35,54,56,62-66,68-79,81-84,86-92H,3-5,7,9-11,13,15-17,19,21-23,25,27-31,33-34,36-53,55,57-61H2,1-2H3,(H,80,85)/b8-6-,14-12-,20-18-,26-24-,35-32-,56-54+. The van der Waals surface area contributed by atoms with E-state index in [4.69, 9.17) is 28.4 Å². The molecule has 0 aromatic carbocycles. The first-order chi connectivity index (χ1) is 47.8. The van der Waals surface area contributed by atoms with Crippen molar-refractivity contribution in [3.8, 4) is 0 Å². The van der Waals surface area contributed by atoms with E-state index in [2.05, 4.69) is 79.9 Å². The zero-order valence-corrected chi connectivity index (χ0v) is 60.8. The van der Waals surface area contributed by atoms with Crippen molar-refractivity contribution in [2.75, 3.05) is 26.4 Å². The number of carbonyl (C=O) groups excluding carboxylic acids is 1. The molecule has 3 heterocycles. The minimum Gasteiger partial charge on any atom is -0.394 e. The van der Waals surface area contributed by atoms with Crippen molar-refractivity contribution in [2.45, 2.75) is 394 Å². The SMILES string of the molecule is CC/C=C\C/C=C\C/C=C\C/C=C\C/C=C\CCCCCCCCCCCC(=O)NC(COC1OC(CO)C(OC2OC(CO)C(OC3OC(CO)C(O)C(O)C3O)C(O)C2O)C(O)C1O)C(O)/C=C/CCCCCCCCCCCCCCCCCCCCCCCCCCCC. The van der Waals surface area contributed by atoms with Crippen molar-refractivity contribution in [2.24, 2.45) is 0 Å². The normalized spacial score (nSPS) is 27.1. The highest BCUT2D eigenvalue weighted by Gasteiger charge is 2.53. The maximum atomic E-state index is 13.5. The minimum atomic E-state index is -1.98. The van der Waals surface area contributed by atoms with Crippen LogP contribution in [0.2, 0.25) is 0 Å². The first-order valence-corrected chi connectivity index (χ1v) is 39.2. The Balaban J connectivity index is 1.40. The first-order valence-electron chi connectivity index (χ1n) is 39.2. The van der Waals surface area contributed by atoms with Gasteiger partial charge in [-0.2, -0.15) is 0 Å². The number of hydrogen-bond donors (Lipinski definition) is 12. The Morgan fingerprint density at radius 3 is 1.10 bits per heavy atom. The van der Waals surface area contributed by atoms with Gasteiger partial charge in [0, 0.05) is 6.42 Å². The van der Waals surface area contributed by atoms with E-state index in [9.17, 15) is 61.0 Å². The molecule has 0 aliphatic carbocycles. The Morgan fingerprint density at radius 1 is 0.378 bits per heavy atom. The second-order valence-corrected chi connectivity index (χ2v) is 27.8. The molecule has 98 heavy (non-hydrogen) atoms. The number of amides is 1. The molecule has 0 spiro atoms. The highest BCUT2D eigenvalue weighted by atomic mass is 16.8. The van der Waals surface area contributed by atoms with Gasteiger partial charge in [0.15, 0.2) is 18.9 Å². The van der Waals surface area contributed by atoms with Gasteiger partial charge < -0.3 is 89.9 Å². The summed E-state index contributed by atoms with van der Waals surface area (Å²) in [5, 5.41) is 121. The van der Waals surface area contributed by atoms with Crippen LogP contribution in [0.4, 0.5) is 0 Å². The van der Waals surface area contributed by atoms with Gasteiger partial charge >= 0.3 is 0 Å². The molecule has 12 N–H and O–H groups in total. The number of allylic oxidation sites excluding steroid dienone is 11. The number of ether oxygens (including phenoxy) is 6. The summed E-state index contributed by atoms with van der Waals surface area (Å²) in [6.07, 6.45) is 50.2. The van der Waals surface area contributed by atoms with Gasteiger partial charge in [-0.25, -0.2) is 0 Å². The fourth-order valence-electron chi connectivity index (χ4n) is 13.0. The topological polar surface area (TPSA) is 307 Å². The third-order valence-corrected chi connectivity index (χ3v) is 19.3. The van der Waals surface area contributed by atoms with Crippen LogP contribution in [0.25, 0.3) is 0 Å². The molecule has 0 aromatic rings. The molecule has 3 fully saturated rings. The van der Waals surface area contributed by atoms with Crippen LogP contribution >= 0.6 is 0 Å². The molecule has 1 amide bonds. The lowest BCUT2D eigenvalue weighted by molar-refractivity contribution is -0.379. The van der Waals surface area contributed by atoms with Crippen LogP contribution in [0, 0.1) is 0 Å². The minimum absolute atomic E-state index is 0.233. The summed E-state index contributed by atoms with van der Waals surface area (Å²) in [5.41, 5.74) is 0. The number of carbonyl (C=O) groups is 1. The zero-order chi connectivity index (χ0) is 71.1. The Hall–Kier alpha value is -2.77. The molecule has 3 rings (SSSR count). The summed E-state index contributed by atoms with van der Waals surface area (Å²) in [7, 11) is 0. The summed E-state index contributed by atoms with van der Waals surface area (Å²) in [4.78, 5) is 13.5. The van der Waals surface area contributed by atoms with E-state index < -0.39 is 124 Å². The summed E-state index contributed by atoms with van der Waals surface area (Å²) in [5.74, 6) is -0.281. The lowest BCUT2D eigenvalue weighted by Crippen LogP contribution is -2.66. The second-order valence-electron chi connectivity index (χ2n) is 27.8. The van der Waals surface area contributed by atoms with Crippen molar-refractivity contribution < 1.29 is 89.4 Å². The van der Waals surface area contributed by atoms with E-state index in [-0.39, 0.29) is 18.9 Å². The van der Waals surface area contributed by atoms with Crippen LogP contribution in [0.15, 0.2) is 72.9 Å². The third kappa shape index (κ3) is 39.8. The first kappa shape index (κ1) is 89.4. The smallest absolute Gasteiger partial charge is 0.220 e. The Bertz CT molecular complexity index is 2050. The molecule has 0 bridgehead atoms. The summed E-state index contributed by atoms with van der Waals surface area (Å²) >= 11 is 0. The van der Waals surface area contributed by atoms with Crippen molar-refractivity contribution in [3.63, 3.8) is 0 Å². The van der Waals surface area contributed by atoms with Crippen molar-refractivity contribution in [1.82, 2.24) is 5.32 Å². The molecular formula is C79H141NO18. The number of rotatable bonds is 61. The van der Waals surface area contributed by atoms with Crippen LogP contribution in [0.5, 0.6) is 0 Å². The maximum absolute atomic E-state index is 13.5. The lowest BCUT2D eigenvalue weighted by atomic mass is 9.96. The molecule has 0 radical (unpaired) electrons. The van der Waals surface area contributed by atoms with Crippen LogP contribution in [0.3, 0.4) is 0 Å². The predicted molar refractivity (Wildman–Crippen MR) is 388 cm³/mol. The molecule has 17 atom stereocenters. The van der Waals surface area contributed by atoms with Crippen LogP contribution in [-0.4, -0.2) is 193 Å². The van der Waals surface area contributed by atoms with Crippen molar-refractivity contribution in [3.05, 3.63) is 72.9 Å². The summed E-state index contributed by atoms with van der Waals surface area (Å²) in [6, 6.07) is -0.982. The Labute approximate surface area is 591 Å². The molecule has 570 valence electrons. The third-order valence-electron chi connectivity index (χ3n) is 19.3. The van der Waals surface area contributed by atoms with E-state index >= 15 is 0 Å². The van der Waals surface area contributed by atoms with E-state index in [1.165, 1.54) is 173 Å². The highest BCUT2D eigenvalue weighted by molar-refractivity contribution is 5.76. The van der Waals surface area contributed by atoms with Crippen LogP contribution in [0.1, 0.15) is 290 Å². The molecule has 3 aliphatic rings. The molecule has 17 unspecified atom stereocenters. The van der Waals surface area contributed by atoms with Crippen molar-refractivity contribution >= 4 is 5.91 Å². The highest BCUT2D eigenvalue weighted by Crippen LogP contribution is 2.33. The zero-order valence-electron chi connectivity index (χ0n) is 60.8. The van der Waals surface area contributed by atoms with E-state index in [0.717, 1.165) is 89.9 Å². The van der Waals surface area contributed by atoms with E-state index in [1.54, 1.807) is 6.08 Å². The largest absolute Gasteiger partial charge is 0.394 e. The Kier molecular flexibility index (Phi) is 54.4. The summed E-state index contributed by atoms with van der Waals surface area (Å²) < 4.78 is 34.4. The van der Waals surface area contributed by atoms with Gasteiger partial charge in [-0.05, 0) is 64.2 Å². The van der Waals surface area contributed by atoms with Crippen LogP contribution < -0.4 is 5.32 Å². The summed E-state index contributed by atoms with van der Waals surface area (Å²) in [6.45, 7) is 1.65. The molecule has 3 aliphatic heterocycles. The molecule has 3 saturated heterocycles. The fourth-order valence-corrected chi connectivity index (χ4v) is 13.0. The average Bonchev–Trinajstić information content (AvgIpc) is 0.784. The number of aliphatic hydroxyl groups excluding tert-OH is 11. The number of aliphatic hydroxyl groups is 11. The molecule has 0 aromatic heterocycles. The molecular weight excluding hydrogens is 1250 g/mol. The van der Waals surface area contributed by atoms with Gasteiger partial charge in [0.1, 0.15) is 73.2 Å². The maximum Gasteiger partial charge on any atom is 0.220 e. The van der Waals surface area contributed by atoms with Gasteiger partial charge in [-0.15, -0.1) is 0 Å². The van der Waals surface area contributed by atoms with Gasteiger partial charge in [0.25, 0.3) is 0 Å². The van der Waals surface area contributed by atoms with Crippen LogP contribution in [-0.2, 0) is 33.2 Å². The molecule has 19 nitrogen and oxygen atoms in total. The molecule has 0 saturated carbocycles.